The van der Waals surface area contributed by atoms with Gasteiger partial charge >= 0.3 is 0 Å². The van der Waals surface area contributed by atoms with E-state index in [0.29, 0.717) is 30.9 Å². The van der Waals surface area contributed by atoms with E-state index in [1.165, 1.54) is 5.56 Å². The molecular formula is C25H31ClN6O3. The molecule has 0 radical (unpaired) electrons. The average molecular weight is 499 g/mol. The summed E-state index contributed by atoms with van der Waals surface area (Å²) in [5.41, 5.74) is 2.19. The maximum Gasteiger partial charge on any atom is 0.159 e. The van der Waals surface area contributed by atoms with Gasteiger partial charge in [-0.25, -0.2) is 14.6 Å². The van der Waals surface area contributed by atoms with Crippen molar-refractivity contribution >= 4 is 28.3 Å². The molecule has 3 aromatic rings. The van der Waals surface area contributed by atoms with E-state index in [0.717, 1.165) is 73.3 Å². The molecule has 6 rings (SSSR count). The summed E-state index contributed by atoms with van der Waals surface area (Å²) in [6.45, 7) is 7.65. The highest BCUT2D eigenvalue weighted by molar-refractivity contribution is 6.32. The first-order chi connectivity index (χ1) is 17.1. The number of ether oxygens (including phenoxy) is 2. The van der Waals surface area contributed by atoms with Crippen LogP contribution in [0.25, 0.3) is 16.7 Å². The standard InChI is InChI=1S/C25H31ClN6O3/c1-16-28-24(31-6-7-35-20(12-31)13-33)10-25(29-16)32-23-9-21(22(26)8-18(23)11-27-32)17-2-4-30(5-3-17)19-14-34-15-19/h8-11,17,19-20,33H,2-7,12-15H2,1H3/t20-/m1/s1. The SMILES string of the molecule is Cc1nc(N2CCO[C@@H](CO)C2)cc(-n2ncc3cc(Cl)c(C4CCN(C5COC5)CC4)cc32)n1. The number of aliphatic hydroxyl groups is 1. The Morgan fingerprint density at radius 3 is 2.63 bits per heavy atom. The third-order valence-corrected chi connectivity index (χ3v) is 7.81. The summed E-state index contributed by atoms with van der Waals surface area (Å²) in [5, 5.41) is 16.0. The van der Waals surface area contributed by atoms with Crippen LogP contribution in [0.4, 0.5) is 5.82 Å². The fraction of sp³-hybridized carbons (Fsp3) is 0.560. The van der Waals surface area contributed by atoms with Crippen molar-refractivity contribution in [2.24, 2.45) is 0 Å². The van der Waals surface area contributed by atoms with Crippen LogP contribution in [-0.2, 0) is 9.47 Å². The predicted octanol–water partition coefficient (Wildman–Crippen LogP) is 2.55. The molecule has 3 aliphatic heterocycles. The summed E-state index contributed by atoms with van der Waals surface area (Å²) in [7, 11) is 0. The Kier molecular flexibility index (Phi) is 6.36. The molecule has 0 amide bonds. The van der Waals surface area contributed by atoms with E-state index in [4.69, 9.17) is 26.1 Å². The van der Waals surface area contributed by atoms with E-state index in [-0.39, 0.29) is 12.7 Å². The number of halogens is 1. The molecule has 1 atom stereocenters. The van der Waals surface area contributed by atoms with Gasteiger partial charge in [-0.05, 0) is 56.5 Å². The summed E-state index contributed by atoms with van der Waals surface area (Å²) in [6, 6.07) is 6.78. The lowest BCUT2D eigenvalue weighted by molar-refractivity contribution is -0.0712. The van der Waals surface area contributed by atoms with Gasteiger partial charge in [0.15, 0.2) is 5.82 Å². The zero-order chi connectivity index (χ0) is 23.9. The molecule has 5 heterocycles. The highest BCUT2D eigenvalue weighted by Crippen LogP contribution is 2.37. The predicted molar refractivity (Wildman–Crippen MR) is 134 cm³/mol. The molecule has 35 heavy (non-hydrogen) atoms. The van der Waals surface area contributed by atoms with Crippen molar-refractivity contribution in [3.05, 3.63) is 40.8 Å². The van der Waals surface area contributed by atoms with Gasteiger partial charge in [0.05, 0.1) is 50.3 Å². The van der Waals surface area contributed by atoms with Gasteiger partial charge in [0.2, 0.25) is 0 Å². The lowest BCUT2D eigenvalue weighted by atomic mass is 9.88. The van der Waals surface area contributed by atoms with E-state index in [1.54, 1.807) is 0 Å². The molecule has 3 saturated heterocycles. The van der Waals surface area contributed by atoms with Crippen molar-refractivity contribution in [2.45, 2.75) is 37.8 Å². The number of benzene rings is 1. The molecule has 3 fully saturated rings. The van der Waals surface area contributed by atoms with Crippen molar-refractivity contribution in [1.82, 2.24) is 24.6 Å². The molecule has 10 heteroatoms. The number of piperidine rings is 1. The number of fused-ring (bicyclic) bond motifs is 1. The smallest absolute Gasteiger partial charge is 0.159 e. The second-order valence-corrected chi connectivity index (χ2v) is 10.2. The van der Waals surface area contributed by atoms with Crippen LogP contribution in [0.15, 0.2) is 24.4 Å². The minimum atomic E-state index is -0.207. The molecule has 0 aliphatic carbocycles. The number of anilines is 1. The summed E-state index contributed by atoms with van der Waals surface area (Å²) < 4.78 is 12.9. The first kappa shape index (κ1) is 23.1. The van der Waals surface area contributed by atoms with E-state index >= 15 is 0 Å². The molecule has 1 aromatic carbocycles. The van der Waals surface area contributed by atoms with Crippen LogP contribution in [0, 0.1) is 6.92 Å². The third kappa shape index (κ3) is 4.51. The van der Waals surface area contributed by atoms with E-state index in [1.807, 2.05) is 29.9 Å². The van der Waals surface area contributed by atoms with Crippen molar-refractivity contribution in [2.75, 3.05) is 57.5 Å². The van der Waals surface area contributed by atoms with Gasteiger partial charge in [0.25, 0.3) is 0 Å². The molecule has 0 unspecified atom stereocenters. The van der Waals surface area contributed by atoms with Crippen LogP contribution in [-0.4, -0.2) is 94.5 Å². The van der Waals surface area contributed by atoms with Crippen LogP contribution >= 0.6 is 11.6 Å². The molecule has 0 spiro atoms. The highest BCUT2D eigenvalue weighted by atomic mass is 35.5. The Morgan fingerprint density at radius 2 is 1.89 bits per heavy atom. The number of nitrogens with zero attached hydrogens (tertiary/aromatic N) is 6. The van der Waals surface area contributed by atoms with E-state index in [2.05, 4.69) is 25.9 Å². The van der Waals surface area contributed by atoms with Crippen LogP contribution in [0.2, 0.25) is 5.02 Å². The topological polar surface area (TPSA) is 88.8 Å². The molecule has 2 aromatic heterocycles. The number of morpholine rings is 1. The van der Waals surface area contributed by atoms with Gasteiger partial charge in [-0.1, -0.05) is 11.6 Å². The number of aromatic nitrogens is 4. The van der Waals surface area contributed by atoms with Crippen molar-refractivity contribution in [3.8, 4) is 5.82 Å². The number of hydrogen-bond acceptors (Lipinski definition) is 8. The second kappa shape index (κ2) is 9.63. The van der Waals surface area contributed by atoms with Crippen LogP contribution in [0.1, 0.15) is 30.1 Å². The summed E-state index contributed by atoms with van der Waals surface area (Å²) >= 11 is 6.77. The maximum absolute atomic E-state index is 9.53. The Hall–Kier alpha value is -2.30. The normalized spacial score (nSPS) is 22.6. The Bertz CT molecular complexity index is 1210. The molecule has 9 nitrogen and oxygen atoms in total. The number of rotatable bonds is 5. The Labute approximate surface area is 209 Å². The lowest BCUT2D eigenvalue weighted by Gasteiger charge is -2.41. The first-order valence-corrected chi connectivity index (χ1v) is 12.8. The third-order valence-electron chi connectivity index (χ3n) is 7.49. The van der Waals surface area contributed by atoms with Gasteiger partial charge in [-0.2, -0.15) is 5.10 Å². The first-order valence-electron chi connectivity index (χ1n) is 12.4. The fourth-order valence-electron chi connectivity index (χ4n) is 5.41. The fourth-order valence-corrected chi connectivity index (χ4v) is 5.74. The van der Waals surface area contributed by atoms with Crippen molar-refractivity contribution in [3.63, 3.8) is 0 Å². The zero-order valence-electron chi connectivity index (χ0n) is 19.9. The summed E-state index contributed by atoms with van der Waals surface area (Å²) in [4.78, 5) is 14.0. The zero-order valence-corrected chi connectivity index (χ0v) is 20.7. The monoisotopic (exact) mass is 498 g/mol. The molecule has 1 N–H and O–H groups in total. The largest absolute Gasteiger partial charge is 0.394 e. The van der Waals surface area contributed by atoms with Gasteiger partial charge in [-0.15, -0.1) is 0 Å². The minimum absolute atomic E-state index is 0.00584. The maximum atomic E-state index is 9.53. The second-order valence-electron chi connectivity index (χ2n) is 9.74. The Balaban J connectivity index is 1.30. The number of likely N-dealkylation sites (tertiary alicyclic amines) is 1. The highest BCUT2D eigenvalue weighted by Gasteiger charge is 2.31. The van der Waals surface area contributed by atoms with Gasteiger partial charge in [0.1, 0.15) is 11.6 Å². The molecule has 0 saturated carbocycles. The molecule has 3 aliphatic rings. The van der Waals surface area contributed by atoms with E-state index in [9.17, 15) is 5.11 Å². The van der Waals surface area contributed by atoms with E-state index < -0.39 is 0 Å². The Morgan fingerprint density at radius 1 is 1.09 bits per heavy atom. The van der Waals surface area contributed by atoms with Crippen molar-refractivity contribution < 1.29 is 14.6 Å². The molecule has 186 valence electrons. The van der Waals surface area contributed by atoms with Crippen LogP contribution in [0.3, 0.4) is 0 Å². The van der Waals surface area contributed by atoms with Crippen molar-refractivity contribution in [1.29, 1.82) is 0 Å². The van der Waals surface area contributed by atoms with Gasteiger partial charge < -0.3 is 19.5 Å². The molecule has 0 bridgehead atoms. The quantitative estimate of drug-likeness (QED) is 0.574. The lowest BCUT2D eigenvalue weighted by Crippen LogP contribution is -2.51. The number of aliphatic hydroxyl groups excluding tert-OH is 1. The summed E-state index contributed by atoms with van der Waals surface area (Å²) in [5.74, 6) is 2.65. The number of aryl methyl sites for hydroxylation is 1. The van der Waals surface area contributed by atoms with Gasteiger partial charge in [-0.3, -0.25) is 4.90 Å². The molecular weight excluding hydrogens is 468 g/mol. The number of hydrogen-bond donors (Lipinski definition) is 1. The van der Waals surface area contributed by atoms with Crippen LogP contribution < -0.4 is 4.90 Å². The van der Waals surface area contributed by atoms with Gasteiger partial charge in [0, 0.05) is 29.6 Å². The summed E-state index contributed by atoms with van der Waals surface area (Å²) in [6.07, 6.45) is 3.82. The average Bonchev–Trinajstić information content (AvgIpc) is 3.25. The van der Waals surface area contributed by atoms with Crippen LogP contribution in [0.5, 0.6) is 0 Å². The minimum Gasteiger partial charge on any atom is -0.394 e.